The summed E-state index contributed by atoms with van der Waals surface area (Å²) in [6.07, 6.45) is 5.87. The van der Waals surface area contributed by atoms with Crippen molar-refractivity contribution in [2.75, 3.05) is 14.2 Å². The van der Waals surface area contributed by atoms with Crippen molar-refractivity contribution in [1.29, 1.82) is 0 Å². The fourth-order valence-corrected chi connectivity index (χ4v) is 3.11. The minimum atomic E-state index is 0.296. The summed E-state index contributed by atoms with van der Waals surface area (Å²) in [6.45, 7) is 0. The molecule has 100 valence electrons. The van der Waals surface area contributed by atoms with Gasteiger partial charge in [-0.25, -0.2) is 0 Å². The van der Waals surface area contributed by atoms with Crippen LogP contribution in [-0.2, 0) is 0 Å². The Morgan fingerprint density at radius 1 is 1.11 bits per heavy atom. The summed E-state index contributed by atoms with van der Waals surface area (Å²) < 4.78 is 10.7. The summed E-state index contributed by atoms with van der Waals surface area (Å²) in [5.41, 5.74) is 1.27. The van der Waals surface area contributed by atoms with Gasteiger partial charge in [-0.3, -0.25) is 0 Å². The van der Waals surface area contributed by atoms with Crippen molar-refractivity contribution in [3.05, 3.63) is 23.8 Å². The van der Waals surface area contributed by atoms with Gasteiger partial charge in [0.25, 0.3) is 0 Å². The van der Waals surface area contributed by atoms with Gasteiger partial charge in [-0.1, -0.05) is 18.9 Å². The number of alkyl halides is 1. The predicted molar refractivity (Wildman–Crippen MR) is 75.0 cm³/mol. The van der Waals surface area contributed by atoms with Crippen LogP contribution in [0.25, 0.3) is 0 Å². The largest absolute Gasteiger partial charge is 0.497 e. The average molecular weight is 269 g/mol. The molecule has 1 aliphatic rings. The van der Waals surface area contributed by atoms with Gasteiger partial charge >= 0.3 is 0 Å². The zero-order chi connectivity index (χ0) is 13.0. The van der Waals surface area contributed by atoms with Crippen LogP contribution in [0.1, 0.15) is 43.6 Å². The lowest BCUT2D eigenvalue weighted by Gasteiger charge is -2.20. The van der Waals surface area contributed by atoms with E-state index in [2.05, 4.69) is 6.07 Å². The number of methoxy groups -OCH3 is 2. The van der Waals surface area contributed by atoms with Gasteiger partial charge in [0.1, 0.15) is 11.5 Å². The lowest BCUT2D eigenvalue weighted by atomic mass is 9.91. The zero-order valence-corrected chi connectivity index (χ0v) is 11.9. The van der Waals surface area contributed by atoms with Crippen molar-refractivity contribution in [1.82, 2.24) is 0 Å². The minimum absolute atomic E-state index is 0.296. The molecule has 1 fully saturated rings. The summed E-state index contributed by atoms with van der Waals surface area (Å²) in [5, 5.41) is 0.296. The van der Waals surface area contributed by atoms with Crippen molar-refractivity contribution >= 4 is 11.6 Å². The first kappa shape index (κ1) is 13.5. The molecule has 3 heteroatoms. The lowest BCUT2D eigenvalue weighted by molar-refractivity contribution is 0.386. The molecule has 0 spiro atoms. The normalized spacial score (nSPS) is 24.4. The van der Waals surface area contributed by atoms with E-state index < -0.39 is 0 Å². The number of halogens is 1. The topological polar surface area (TPSA) is 18.5 Å². The van der Waals surface area contributed by atoms with Gasteiger partial charge in [0, 0.05) is 11.4 Å². The molecule has 2 nitrogen and oxygen atoms in total. The summed E-state index contributed by atoms with van der Waals surface area (Å²) in [6, 6.07) is 6.09. The van der Waals surface area contributed by atoms with Gasteiger partial charge in [0.2, 0.25) is 0 Å². The smallest absolute Gasteiger partial charge is 0.126 e. The second-order valence-corrected chi connectivity index (χ2v) is 5.54. The first-order chi connectivity index (χ1) is 8.74. The highest BCUT2D eigenvalue weighted by molar-refractivity contribution is 6.20. The molecule has 0 N–H and O–H groups in total. The van der Waals surface area contributed by atoms with Gasteiger partial charge in [-0.2, -0.15) is 0 Å². The molecule has 0 radical (unpaired) electrons. The predicted octanol–water partition coefficient (Wildman–Crippen LogP) is 4.36. The molecule has 1 aliphatic carbocycles. The van der Waals surface area contributed by atoms with Crippen molar-refractivity contribution in [3.63, 3.8) is 0 Å². The first-order valence-electron chi connectivity index (χ1n) is 6.60. The SMILES string of the molecule is COc1ccc(C2CCCCC(Cl)C2)c(OC)c1. The highest BCUT2D eigenvalue weighted by Gasteiger charge is 2.22. The van der Waals surface area contributed by atoms with Gasteiger partial charge in [-0.05, 0) is 36.8 Å². The number of ether oxygens (including phenoxy) is 2. The number of hydrogen-bond donors (Lipinski definition) is 0. The van der Waals surface area contributed by atoms with E-state index in [1.54, 1.807) is 14.2 Å². The van der Waals surface area contributed by atoms with Crippen molar-refractivity contribution in [2.45, 2.75) is 43.4 Å². The Hall–Kier alpha value is -0.890. The van der Waals surface area contributed by atoms with E-state index in [-0.39, 0.29) is 0 Å². The van der Waals surface area contributed by atoms with Crippen LogP contribution in [-0.4, -0.2) is 19.6 Å². The molecule has 0 aromatic heterocycles. The van der Waals surface area contributed by atoms with E-state index in [9.17, 15) is 0 Å². The Bertz CT molecular complexity index is 392. The Morgan fingerprint density at radius 2 is 1.89 bits per heavy atom. The van der Waals surface area contributed by atoms with Crippen LogP contribution in [0.15, 0.2) is 18.2 Å². The molecular formula is C15H21ClO2. The number of rotatable bonds is 3. The zero-order valence-electron chi connectivity index (χ0n) is 11.1. The van der Waals surface area contributed by atoms with E-state index in [1.807, 2.05) is 12.1 Å². The molecule has 0 saturated heterocycles. The minimum Gasteiger partial charge on any atom is -0.497 e. The van der Waals surface area contributed by atoms with Crippen LogP contribution in [0, 0.1) is 0 Å². The monoisotopic (exact) mass is 268 g/mol. The maximum Gasteiger partial charge on any atom is 0.126 e. The fourth-order valence-electron chi connectivity index (χ4n) is 2.74. The van der Waals surface area contributed by atoms with Crippen molar-refractivity contribution < 1.29 is 9.47 Å². The molecule has 2 unspecified atom stereocenters. The molecule has 0 amide bonds. The third-order valence-electron chi connectivity index (χ3n) is 3.74. The molecule has 0 bridgehead atoms. The Labute approximate surface area is 114 Å². The van der Waals surface area contributed by atoms with Gasteiger partial charge in [0.05, 0.1) is 14.2 Å². The maximum absolute atomic E-state index is 6.35. The van der Waals surface area contributed by atoms with E-state index in [1.165, 1.54) is 24.8 Å². The Morgan fingerprint density at radius 3 is 2.61 bits per heavy atom. The van der Waals surface area contributed by atoms with Gasteiger partial charge in [-0.15, -0.1) is 11.6 Å². The molecule has 1 saturated carbocycles. The third kappa shape index (κ3) is 3.11. The molecule has 2 atom stereocenters. The summed E-state index contributed by atoms with van der Waals surface area (Å²) in [7, 11) is 3.39. The van der Waals surface area contributed by atoms with E-state index in [0.717, 1.165) is 24.3 Å². The highest BCUT2D eigenvalue weighted by Crippen LogP contribution is 2.39. The molecule has 0 aliphatic heterocycles. The molecule has 1 aromatic rings. The van der Waals surface area contributed by atoms with E-state index in [0.29, 0.717) is 11.3 Å². The molecular weight excluding hydrogens is 248 g/mol. The number of hydrogen-bond acceptors (Lipinski definition) is 2. The Kier molecular flexibility index (Phi) is 4.76. The quantitative estimate of drug-likeness (QED) is 0.599. The maximum atomic E-state index is 6.35. The van der Waals surface area contributed by atoms with Crippen LogP contribution < -0.4 is 9.47 Å². The second kappa shape index (κ2) is 6.33. The fraction of sp³-hybridized carbons (Fsp3) is 0.600. The third-order valence-corrected chi connectivity index (χ3v) is 4.14. The van der Waals surface area contributed by atoms with E-state index >= 15 is 0 Å². The summed E-state index contributed by atoms with van der Waals surface area (Å²) in [5.74, 6) is 2.27. The van der Waals surface area contributed by atoms with Crippen molar-refractivity contribution in [2.24, 2.45) is 0 Å². The molecule has 1 aromatic carbocycles. The van der Waals surface area contributed by atoms with Crippen LogP contribution in [0.2, 0.25) is 0 Å². The number of benzene rings is 1. The van der Waals surface area contributed by atoms with Crippen LogP contribution in [0.3, 0.4) is 0 Å². The summed E-state index contributed by atoms with van der Waals surface area (Å²) >= 11 is 6.35. The van der Waals surface area contributed by atoms with Gasteiger partial charge < -0.3 is 9.47 Å². The van der Waals surface area contributed by atoms with Crippen LogP contribution in [0.5, 0.6) is 11.5 Å². The lowest BCUT2D eigenvalue weighted by Crippen LogP contribution is -2.06. The Balaban J connectivity index is 2.25. The van der Waals surface area contributed by atoms with Crippen LogP contribution in [0.4, 0.5) is 0 Å². The molecule has 0 heterocycles. The molecule has 2 rings (SSSR count). The average Bonchev–Trinajstić information content (AvgIpc) is 2.62. The van der Waals surface area contributed by atoms with E-state index in [4.69, 9.17) is 21.1 Å². The summed E-state index contributed by atoms with van der Waals surface area (Å²) in [4.78, 5) is 0. The highest BCUT2D eigenvalue weighted by atomic mass is 35.5. The van der Waals surface area contributed by atoms with Crippen molar-refractivity contribution in [3.8, 4) is 11.5 Å². The standard InChI is InChI=1S/C15H21ClO2/c1-17-13-7-8-14(15(10-13)18-2)11-5-3-4-6-12(16)9-11/h7-8,10-12H,3-6,9H2,1-2H3. The first-order valence-corrected chi connectivity index (χ1v) is 7.04. The molecule has 18 heavy (non-hydrogen) atoms. The van der Waals surface area contributed by atoms with Gasteiger partial charge in [0.15, 0.2) is 0 Å². The van der Waals surface area contributed by atoms with Crippen LogP contribution >= 0.6 is 11.6 Å². The second-order valence-electron chi connectivity index (χ2n) is 4.92.